The highest BCUT2D eigenvalue weighted by molar-refractivity contribution is 5.85. The number of carboxylic acids is 1. The van der Waals surface area contributed by atoms with E-state index in [1.807, 2.05) is 6.92 Å². The van der Waals surface area contributed by atoms with Crippen LogP contribution in [-0.4, -0.2) is 24.2 Å². The SMILES string of the molecule is CCC(C(=O)O)C1C2CNCC21.Cl. The Bertz CT molecular complexity index is 200. The Balaban J connectivity index is 0.000000845. The quantitative estimate of drug-likeness (QED) is 0.723. The van der Waals surface area contributed by atoms with Crippen LogP contribution in [0.5, 0.6) is 0 Å². The molecule has 1 saturated heterocycles. The molecule has 0 aromatic rings. The Labute approximate surface area is 84.3 Å². The molecular weight excluding hydrogens is 190 g/mol. The molecule has 0 spiro atoms. The second-order valence-corrected chi connectivity index (χ2v) is 3.92. The van der Waals surface area contributed by atoms with Gasteiger partial charge in [-0.2, -0.15) is 0 Å². The Morgan fingerprint density at radius 1 is 1.54 bits per heavy atom. The molecule has 2 fully saturated rings. The monoisotopic (exact) mass is 205 g/mol. The number of rotatable bonds is 3. The van der Waals surface area contributed by atoms with Crippen LogP contribution < -0.4 is 5.32 Å². The first-order chi connectivity index (χ1) is 5.75. The van der Waals surface area contributed by atoms with Gasteiger partial charge in [0.1, 0.15) is 0 Å². The van der Waals surface area contributed by atoms with Crippen molar-refractivity contribution in [1.82, 2.24) is 5.32 Å². The van der Waals surface area contributed by atoms with E-state index >= 15 is 0 Å². The summed E-state index contributed by atoms with van der Waals surface area (Å²) in [6.45, 7) is 4.05. The fourth-order valence-electron chi connectivity index (χ4n) is 2.67. The molecule has 1 heterocycles. The second kappa shape index (κ2) is 3.84. The number of hydrogen-bond acceptors (Lipinski definition) is 2. The maximum Gasteiger partial charge on any atom is 0.306 e. The van der Waals surface area contributed by atoms with Gasteiger partial charge in [0.25, 0.3) is 0 Å². The predicted octanol–water partition coefficient (Wildman–Crippen LogP) is 0.984. The van der Waals surface area contributed by atoms with Crippen LogP contribution >= 0.6 is 12.4 Å². The Morgan fingerprint density at radius 2 is 2.08 bits per heavy atom. The van der Waals surface area contributed by atoms with Crippen molar-refractivity contribution in [2.45, 2.75) is 13.3 Å². The zero-order valence-electron chi connectivity index (χ0n) is 7.69. The summed E-state index contributed by atoms with van der Waals surface area (Å²) < 4.78 is 0. The highest BCUT2D eigenvalue weighted by Gasteiger charge is 2.57. The highest BCUT2D eigenvalue weighted by Crippen LogP contribution is 2.53. The Hall–Kier alpha value is -0.280. The third-order valence-electron chi connectivity index (χ3n) is 3.38. The molecule has 0 bridgehead atoms. The summed E-state index contributed by atoms with van der Waals surface area (Å²) in [6, 6.07) is 0. The number of aliphatic carboxylic acids is 1. The summed E-state index contributed by atoms with van der Waals surface area (Å²) in [7, 11) is 0. The third kappa shape index (κ3) is 1.67. The number of hydrogen-bond donors (Lipinski definition) is 2. The second-order valence-electron chi connectivity index (χ2n) is 3.92. The lowest BCUT2D eigenvalue weighted by molar-refractivity contribution is -0.142. The first-order valence-corrected chi connectivity index (χ1v) is 4.69. The number of halogens is 1. The van der Waals surface area contributed by atoms with Crippen molar-refractivity contribution in [1.29, 1.82) is 0 Å². The van der Waals surface area contributed by atoms with Crippen molar-refractivity contribution in [3.8, 4) is 0 Å². The van der Waals surface area contributed by atoms with E-state index in [1.54, 1.807) is 0 Å². The zero-order chi connectivity index (χ0) is 8.72. The number of piperidine rings is 1. The lowest BCUT2D eigenvalue weighted by Crippen LogP contribution is -2.23. The topological polar surface area (TPSA) is 49.3 Å². The fourth-order valence-corrected chi connectivity index (χ4v) is 2.67. The molecule has 0 radical (unpaired) electrons. The molecule has 1 saturated carbocycles. The van der Waals surface area contributed by atoms with E-state index < -0.39 is 5.97 Å². The smallest absolute Gasteiger partial charge is 0.306 e. The van der Waals surface area contributed by atoms with Crippen molar-refractivity contribution in [3.05, 3.63) is 0 Å². The van der Waals surface area contributed by atoms with Gasteiger partial charge in [0.05, 0.1) is 5.92 Å². The lowest BCUT2D eigenvalue weighted by Gasteiger charge is -2.11. The number of carbonyl (C=O) groups is 1. The molecule has 13 heavy (non-hydrogen) atoms. The number of carboxylic acid groups (broad SMARTS) is 1. The normalized spacial score (nSPS) is 37.5. The molecule has 2 rings (SSSR count). The van der Waals surface area contributed by atoms with Crippen LogP contribution in [0.4, 0.5) is 0 Å². The van der Waals surface area contributed by atoms with Gasteiger partial charge in [0.2, 0.25) is 0 Å². The van der Waals surface area contributed by atoms with Crippen molar-refractivity contribution in [2.75, 3.05) is 13.1 Å². The van der Waals surface area contributed by atoms with Crippen molar-refractivity contribution in [3.63, 3.8) is 0 Å². The van der Waals surface area contributed by atoms with E-state index in [1.165, 1.54) is 0 Å². The van der Waals surface area contributed by atoms with Gasteiger partial charge < -0.3 is 10.4 Å². The minimum atomic E-state index is -0.600. The van der Waals surface area contributed by atoms with Gasteiger partial charge in [-0.3, -0.25) is 4.79 Å². The van der Waals surface area contributed by atoms with Crippen LogP contribution in [-0.2, 0) is 4.79 Å². The van der Waals surface area contributed by atoms with Gasteiger partial charge in [0.15, 0.2) is 0 Å². The van der Waals surface area contributed by atoms with E-state index in [0.29, 0.717) is 17.8 Å². The van der Waals surface area contributed by atoms with Crippen LogP contribution in [0.2, 0.25) is 0 Å². The molecule has 2 N–H and O–H groups in total. The van der Waals surface area contributed by atoms with Crippen LogP contribution in [0.1, 0.15) is 13.3 Å². The maximum absolute atomic E-state index is 10.8. The molecule has 76 valence electrons. The minimum absolute atomic E-state index is 0. The molecule has 1 aliphatic heterocycles. The molecule has 4 heteroatoms. The Morgan fingerprint density at radius 3 is 2.46 bits per heavy atom. The number of fused-ring (bicyclic) bond motifs is 1. The molecule has 0 aromatic heterocycles. The third-order valence-corrected chi connectivity index (χ3v) is 3.38. The minimum Gasteiger partial charge on any atom is -0.481 e. The van der Waals surface area contributed by atoms with Gasteiger partial charge in [0, 0.05) is 0 Å². The standard InChI is InChI=1S/C9H15NO2.ClH/c1-2-5(9(11)12)8-6-3-10-4-7(6)8;/h5-8,10H,2-4H2,1H3,(H,11,12);1H. The van der Waals surface area contributed by atoms with E-state index in [4.69, 9.17) is 5.11 Å². The van der Waals surface area contributed by atoms with Gasteiger partial charge in [-0.05, 0) is 37.3 Å². The molecule has 3 unspecified atom stereocenters. The van der Waals surface area contributed by atoms with E-state index in [9.17, 15) is 4.79 Å². The van der Waals surface area contributed by atoms with E-state index in [2.05, 4.69) is 5.32 Å². The fraction of sp³-hybridized carbons (Fsp3) is 0.889. The molecular formula is C9H16ClNO2. The molecule has 1 aliphatic carbocycles. The zero-order valence-corrected chi connectivity index (χ0v) is 8.51. The molecule has 2 aliphatic rings. The average molecular weight is 206 g/mol. The Kier molecular flexibility index (Phi) is 3.19. The summed E-state index contributed by atoms with van der Waals surface area (Å²) >= 11 is 0. The molecule has 0 aromatic carbocycles. The van der Waals surface area contributed by atoms with Gasteiger partial charge in [-0.1, -0.05) is 6.92 Å². The van der Waals surface area contributed by atoms with Crippen LogP contribution in [0.25, 0.3) is 0 Å². The van der Waals surface area contributed by atoms with Gasteiger partial charge >= 0.3 is 5.97 Å². The van der Waals surface area contributed by atoms with E-state index in [0.717, 1.165) is 19.5 Å². The molecule has 3 atom stereocenters. The van der Waals surface area contributed by atoms with Crippen molar-refractivity contribution in [2.24, 2.45) is 23.7 Å². The first-order valence-electron chi connectivity index (χ1n) is 4.69. The van der Waals surface area contributed by atoms with E-state index in [-0.39, 0.29) is 18.3 Å². The van der Waals surface area contributed by atoms with Crippen LogP contribution in [0.15, 0.2) is 0 Å². The van der Waals surface area contributed by atoms with Gasteiger partial charge in [-0.25, -0.2) is 0 Å². The summed E-state index contributed by atoms with van der Waals surface area (Å²) in [5.41, 5.74) is 0. The first kappa shape index (κ1) is 10.8. The van der Waals surface area contributed by atoms with Crippen LogP contribution in [0.3, 0.4) is 0 Å². The van der Waals surface area contributed by atoms with Crippen molar-refractivity contribution >= 4 is 18.4 Å². The average Bonchev–Trinajstić information content (AvgIpc) is 2.53. The highest BCUT2D eigenvalue weighted by atomic mass is 35.5. The largest absolute Gasteiger partial charge is 0.481 e. The van der Waals surface area contributed by atoms with Crippen molar-refractivity contribution < 1.29 is 9.90 Å². The van der Waals surface area contributed by atoms with Crippen LogP contribution in [0, 0.1) is 23.7 Å². The number of nitrogens with one attached hydrogen (secondary N) is 1. The van der Waals surface area contributed by atoms with Gasteiger partial charge in [-0.15, -0.1) is 12.4 Å². The molecule has 0 amide bonds. The lowest BCUT2D eigenvalue weighted by atomic mass is 9.97. The predicted molar refractivity (Wildman–Crippen MR) is 52.0 cm³/mol. The summed E-state index contributed by atoms with van der Waals surface area (Å²) in [5.74, 6) is 1.14. The molecule has 3 nitrogen and oxygen atoms in total. The summed E-state index contributed by atoms with van der Waals surface area (Å²) in [5, 5.41) is 12.2. The summed E-state index contributed by atoms with van der Waals surface area (Å²) in [4.78, 5) is 10.8. The summed E-state index contributed by atoms with van der Waals surface area (Å²) in [6.07, 6.45) is 0.785. The maximum atomic E-state index is 10.8.